The number of esters is 1. The van der Waals surface area contributed by atoms with Crippen molar-refractivity contribution in [3.63, 3.8) is 0 Å². The van der Waals surface area contributed by atoms with E-state index in [4.69, 9.17) is 9.47 Å². The number of benzene rings is 1. The van der Waals surface area contributed by atoms with Gasteiger partial charge in [0.1, 0.15) is 24.5 Å². The maximum Gasteiger partial charge on any atom is 0.344 e. The Morgan fingerprint density at radius 2 is 1.96 bits per heavy atom. The minimum absolute atomic E-state index is 0.163. The standard InChI is InChI=1S/C17H17N3O3/c1-12-4-6-14(7-5-12)22-10-11-23-17(21)15-13(2)19-20-9-3-8-18-16(15)20/h3-9H,10-11H2,1-2H3. The van der Waals surface area contributed by atoms with Crippen molar-refractivity contribution in [3.05, 3.63) is 59.5 Å². The van der Waals surface area contributed by atoms with E-state index in [-0.39, 0.29) is 6.61 Å². The van der Waals surface area contributed by atoms with Crippen molar-refractivity contribution in [1.29, 1.82) is 0 Å². The van der Waals surface area contributed by atoms with Gasteiger partial charge in [0.15, 0.2) is 5.65 Å². The number of carbonyl (C=O) groups excluding carboxylic acids is 1. The summed E-state index contributed by atoms with van der Waals surface area (Å²) >= 11 is 0. The van der Waals surface area contributed by atoms with Gasteiger partial charge in [-0.3, -0.25) is 0 Å². The number of nitrogens with zero attached hydrogens (tertiary/aromatic N) is 3. The minimum atomic E-state index is -0.441. The van der Waals surface area contributed by atoms with Gasteiger partial charge in [0.25, 0.3) is 0 Å². The molecule has 0 bridgehead atoms. The lowest BCUT2D eigenvalue weighted by atomic mass is 10.2. The number of rotatable bonds is 5. The number of aryl methyl sites for hydroxylation is 2. The highest BCUT2D eigenvalue weighted by atomic mass is 16.6. The Hall–Kier alpha value is -2.89. The zero-order chi connectivity index (χ0) is 16.2. The van der Waals surface area contributed by atoms with Crippen LogP contribution in [-0.4, -0.2) is 33.8 Å². The zero-order valence-corrected chi connectivity index (χ0v) is 13.0. The van der Waals surface area contributed by atoms with Crippen molar-refractivity contribution >= 4 is 11.6 Å². The fourth-order valence-electron chi connectivity index (χ4n) is 2.24. The van der Waals surface area contributed by atoms with E-state index < -0.39 is 5.97 Å². The Labute approximate surface area is 133 Å². The summed E-state index contributed by atoms with van der Waals surface area (Å²) in [6.07, 6.45) is 3.36. The van der Waals surface area contributed by atoms with Gasteiger partial charge in [0, 0.05) is 12.4 Å². The number of ether oxygens (including phenoxy) is 2. The lowest BCUT2D eigenvalue weighted by Gasteiger charge is -2.07. The lowest BCUT2D eigenvalue weighted by molar-refractivity contribution is 0.0451. The zero-order valence-electron chi connectivity index (χ0n) is 13.0. The summed E-state index contributed by atoms with van der Waals surface area (Å²) in [4.78, 5) is 16.4. The first-order chi connectivity index (χ1) is 11.1. The molecule has 2 aromatic heterocycles. The Bertz CT molecular complexity index is 825. The van der Waals surface area contributed by atoms with E-state index in [1.807, 2.05) is 31.2 Å². The Morgan fingerprint density at radius 1 is 1.17 bits per heavy atom. The maximum atomic E-state index is 12.2. The molecule has 6 heteroatoms. The molecule has 0 aliphatic heterocycles. The molecular weight excluding hydrogens is 294 g/mol. The van der Waals surface area contributed by atoms with Crippen LogP contribution in [0, 0.1) is 13.8 Å². The van der Waals surface area contributed by atoms with Crippen LogP contribution in [0.2, 0.25) is 0 Å². The molecule has 0 N–H and O–H groups in total. The number of carbonyl (C=O) groups is 1. The molecule has 0 aliphatic rings. The van der Waals surface area contributed by atoms with Crippen LogP contribution < -0.4 is 4.74 Å². The van der Waals surface area contributed by atoms with E-state index in [1.165, 1.54) is 5.56 Å². The SMILES string of the molecule is Cc1ccc(OCCOC(=O)c2c(C)nn3cccnc23)cc1. The number of hydrogen-bond donors (Lipinski definition) is 0. The highest BCUT2D eigenvalue weighted by Gasteiger charge is 2.19. The first-order valence-corrected chi connectivity index (χ1v) is 7.31. The highest BCUT2D eigenvalue weighted by Crippen LogP contribution is 2.14. The van der Waals surface area contributed by atoms with E-state index in [9.17, 15) is 4.79 Å². The summed E-state index contributed by atoms with van der Waals surface area (Å²) in [5.74, 6) is 0.309. The number of fused-ring (bicyclic) bond motifs is 1. The van der Waals surface area contributed by atoms with Crippen molar-refractivity contribution < 1.29 is 14.3 Å². The second-order valence-corrected chi connectivity index (χ2v) is 5.15. The largest absolute Gasteiger partial charge is 0.490 e. The van der Waals surface area contributed by atoms with Crippen molar-refractivity contribution in [2.75, 3.05) is 13.2 Å². The van der Waals surface area contributed by atoms with Crippen molar-refractivity contribution in [2.24, 2.45) is 0 Å². The fourth-order valence-corrected chi connectivity index (χ4v) is 2.24. The van der Waals surface area contributed by atoms with Gasteiger partial charge in [-0.15, -0.1) is 0 Å². The van der Waals surface area contributed by atoms with E-state index in [0.29, 0.717) is 23.5 Å². The normalized spacial score (nSPS) is 10.7. The molecule has 0 amide bonds. The van der Waals surface area contributed by atoms with Gasteiger partial charge in [-0.2, -0.15) is 5.10 Å². The fraction of sp³-hybridized carbons (Fsp3) is 0.235. The second kappa shape index (κ2) is 6.48. The molecule has 0 saturated heterocycles. The summed E-state index contributed by atoms with van der Waals surface area (Å²) in [5, 5.41) is 4.24. The molecule has 23 heavy (non-hydrogen) atoms. The lowest BCUT2D eigenvalue weighted by Crippen LogP contribution is -2.13. The van der Waals surface area contributed by atoms with Crippen molar-refractivity contribution in [1.82, 2.24) is 14.6 Å². The number of hydrogen-bond acceptors (Lipinski definition) is 5. The maximum absolute atomic E-state index is 12.2. The molecule has 0 aliphatic carbocycles. The molecule has 118 valence electrons. The summed E-state index contributed by atoms with van der Waals surface area (Å²) in [7, 11) is 0. The summed E-state index contributed by atoms with van der Waals surface area (Å²) in [6, 6.07) is 9.46. The molecule has 0 saturated carbocycles. The van der Waals surface area contributed by atoms with Gasteiger partial charge in [-0.05, 0) is 32.0 Å². The van der Waals surface area contributed by atoms with Crippen LogP contribution in [0.5, 0.6) is 5.75 Å². The van der Waals surface area contributed by atoms with Crippen molar-refractivity contribution in [3.8, 4) is 5.75 Å². The van der Waals surface area contributed by atoms with Crippen LogP contribution in [0.4, 0.5) is 0 Å². The molecule has 0 radical (unpaired) electrons. The molecule has 0 atom stereocenters. The first kappa shape index (κ1) is 15.0. The number of aromatic nitrogens is 3. The molecule has 1 aromatic carbocycles. The van der Waals surface area contributed by atoms with Crippen LogP contribution in [0.3, 0.4) is 0 Å². The molecule has 0 fully saturated rings. The van der Waals surface area contributed by atoms with E-state index >= 15 is 0 Å². The highest BCUT2D eigenvalue weighted by molar-refractivity contribution is 5.97. The van der Waals surface area contributed by atoms with E-state index in [1.54, 1.807) is 29.9 Å². The summed E-state index contributed by atoms with van der Waals surface area (Å²) in [6.45, 7) is 4.23. The van der Waals surface area contributed by atoms with Gasteiger partial charge >= 0.3 is 5.97 Å². The van der Waals surface area contributed by atoms with Gasteiger partial charge in [0.2, 0.25) is 0 Å². The quantitative estimate of drug-likeness (QED) is 0.535. The third kappa shape index (κ3) is 3.31. The average molecular weight is 311 g/mol. The van der Waals surface area contributed by atoms with E-state index in [2.05, 4.69) is 10.1 Å². The van der Waals surface area contributed by atoms with Gasteiger partial charge < -0.3 is 9.47 Å². The Kier molecular flexibility index (Phi) is 4.23. The van der Waals surface area contributed by atoms with Crippen LogP contribution in [0.15, 0.2) is 42.7 Å². The first-order valence-electron chi connectivity index (χ1n) is 7.31. The third-order valence-electron chi connectivity index (χ3n) is 3.38. The van der Waals surface area contributed by atoms with Gasteiger partial charge in [0.05, 0.1) is 5.69 Å². The Balaban J connectivity index is 1.58. The molecule has 3 rings (SSSR count). The molecular formula is C17H17N3O3. The summed E-state index contributed by atoms with van der Waals surface area (Å²) < 4.78 is 12.4. The molecule has 2 heterocycles. The third-order valence-corrected chi connectivity index (χ3v) is 3.38. The predicted molar refractivity (Wildman–Crippen MR) is 84.7 cm³/mol. The van der Waals surface area contributed by atoms with Crippen LogP contribution in [0.25, 0.3) is 5.65 Å². The van der Waals surface area contributed by atoms with E-state index in [0.717, 1.165) is 5.75 Å². The van der Waals surface area contributed by atoms with Crippen molar-refractivity contribution in [2.45, 2.75) is 13.8 Å². The second-order valence-electron chi connectivity index (χ2n) is 5.15. The molecule has 0 spiro atoms. The minimum Gasteiger partial charge on any atom is -0.490 e. The molecule has 0 unspecified atom stereocenters. The van der Waals surface area contributed by atoms with Crippen LogP contribution in [0.1, 0.15) is 21.6 Å². The predicted octanol–water partition coefficient (Wildman–Crippen LogP) is 2.58. The monoisotopic (exact) mass is 311 g/mol. The molecule has 6 nitrogen and oxygen atoms in total. The average Bonchev–Trinajstić information content (AvgIpc) is 2.89. The Morgan fingerprint density at radius 3 is 2.74 bits per heavy atom. The smallest absolute Gasteiger partial charge is 0.344 e. The topological polar surface area (TPSA) is 65.7 Å². The van der Waals surface area contributed by atoms with Crippen LogP contribution >= 0.6 is 0 Å². The van der Waals surface area contributed by atoms with Gasteiger partial charge in [-0.25, -0.2) is 14.3 Å². The van der Waals surface area contributed by atoms with Crippen LogP contribution in [-0.2, 0) is 4.74 Å². The summed E-state index contributed by atoms with van der Waals surface area (Å²) in [5.41, 5.74) is 2.64. The molecule has 3 aromatic rings. The van der Waals surface area contributed by atoms with Gasteiger partial charge in [-0.1, -0.05) is 17.7 Å².